The fourth-order valence-corrected chi connectivity index (χ4v) is 8.01. The maximum Gasteiger partial charge on any atom is 0.347 e. The molecule has 0 fully saturated rings. The van der Waals surface area contributed by atoms with Crippen molar-refractivity contribution in [2.75, 3.05) is 26.9 Å². The summed E-state index contributed by atoms with van der Waals surface area (Å²) in [5.74, 6) is -0.642. The van der Waals surface area contributed by atoms with Crippen LogP contribution < -0.4 is 14.2 Å². The van der Waals surface area contributed by atoms with E-state index in [0.717, 1.165) is 20.3 Å². The van der Waals surface area contributed by atoms with Crippen molar-refractivity contribution in [3.8, 4) is 17.2 Å². The first-order valence-electron chi connectivity index (χ1n) is 17.9. The molecule has 0 saturated heterocycles. The van der Waals surface area contributed by atoms with Crippen LogP contribution in [0.15, 0.2) is 133 Å². The topological polar surface area (TPSA) is 146 Å². The maximum absolute atomic E-state index is 13.1. The molecule has 0 spiro atoms. The maximum atomic E-state index is 13.1. The number of carbonyl (C=O) groups excluding carboxylic acids is 2. The third-order valence-corrected chi connectivity index (χ3v) is 10.9. The van der Waals surface area contributed by atoms with Crippen molar-refractivity contribution in [3.05, 3.63) is 160 Å². The van der Waals surface area contributed by atoms with Gasteiger partial charge in [-0.3, -0.25) is 14.4 Å². The Kier molecular flexibility index (Phi) is 13.8. The van der Waals surface area contributed by atoms with Gasteiger partial charge in [-0.15, -0.1) is 22.7 Å². The Balaban J connectivity index is 0.000000199. The van der Waals surface area contributed by atoms with Gasteiger partial charge in [-0.25, -0.2) is 4.79 Å². The number of aliphatic carboxylic acids is 2. The van der Waals surface area contributed by atoms with Crippen LogP contribution in [0, 0.1) is 0 Å². The molecule has 7 rings (SSSR count). The van der Waals surface area contributed by atoms with Gasteiger partial charge in [-0.1, -0.05) is 97.1 Å². The second kappa shape index (κ2) is 19.5. The van der Waals surface area contributed by atoms with Crippen molar-refractivity contribution in [2.45, 2.75) is 18.9 Å². The average Bonchev–Trinajstić information content (AvgIpc) is 3.80. The molecular formula is C45H38O10S2. The number of rotatable bonds is 17. The molecular weight excluding hydrogens is 765 g/mol. The van der Waals surface area contributed by atoms with Gasteiger partial charge in [-0.2, -0.15) is 0 Å². The van der Waals surface area contributed by atoms with E-state index in [1.807, 2.05) is 97.1 Å². The number of methoxy groups -OCH3 is 1. The second-order valence-electron chi connectivity index (χ2n) is 12.5. The van der Waals surface area contributed by atoms with Crippen molar-refractivity contribution in [2.24, 2.45) is 0 Å². The highest BCUT2D eigenvalue weighted by Gasteiger charge is 2.27. The summed E-state index contributed by atoms with van der Waals surface area (Å²) < 4.78 is 24.3. The minimum absolute atomic E-state index is 0.0559. The lowest BCUT2D eigenvalue weighted by Gasteiger charge is -2.15. The van der Waals surface area contributed by atoms with Gasteiger partial charge in [0.1, 0.15) is 34.5 Å². The number of hydrogen-bond donors (Lipinski definition) is 2. The van der Waals surface area contributed by atoms with Crippen molar-refractivity contribution >= 4 is 66.4 Å². The Morgan fingerprint density at radius 3 is 1.61 bits per heavy atom. The van der Waals surface area contributed by atoms with Crippen LogP contribution in [0.5, 0.6) is 17.2 Å². The minimum Gasteiger partial charge on any atom is -0.490 e. The number of ketones is 2. The minimum atomic E-state index is -1.19. The van der Waals surface area contributed by atoms with E-state index in [4.69, 9.17) is 24.1 Å². The normalized spacial score (nSPS) is 11.3. The summed E-state index contributed by atoms with van der Waals surface area (Å²) in [5, 5.41) is 19.7. The Morgan fingerprint density at radius 1 is 0.596 bits per heavy atom. The van der Waals surface area contributed by atoms with Crippen LogP contribution in [0.4, 0.5) is 0 Å². The number of hydrogen-bond acceptors (Lipinski definition) is 10. The van der Waals surface area contributed by atoms with Gasteiger partial charge in [0.15, 0.2) is 5.75 Å². The number of fused-ring (bicyclic) bond motifs is 2. The van der Waals surface area contributed by atoms with E-state index in [1.165, 1.54) is 29.8 Å². The molecule has 0 bridgehead atoms. The summed E-state index contributed by atoms with van der Waals surface area (Å²) in [7, 11) is 1.40. The molecule has 0 aliphatic carbocycles. The third-order valence-electron chi connectivity index (χ3n) is 8.59. The van der Waals surface area contributed by atoms with Crippen LogP contribution in [0.1, 0.15) is 42.5 Å². The second-order valence-corrected chi connectivity index (χ2v) is 14.6. The van der Waals surface area contributed by atoms with Crippen molar-refractivity contribution in [1.82, 2.24) is 0 Å². The van der Waals surface area contributed by atoms with Crippen molar-refractivity contribution in [1.29, 1.82) is 0 Å². The molecule has 2 N–H and O–H groups in total. The Labute approximate surface area is 336 Å². The van der Waals surface area contributed by atoms with E-state index in [1.54, 1.807) is 36.4 Å². The Morgan fingerprint density at radius 2 is 1.09 bits per heavy atom. The van der Waals surface area contributed by atoms with E-state index in [2.05, 4.69) is 0 Å². The SMILES string of the molecule is COCC(Oc1c(C(=O)c2ccccc2)sc2ccccc12)C(=O)O.O=C(O)CCc1ccc(OCCOc2c(C(=O)c3ccccc3)sc3ccccc23)cc1. The number of benzene rings is 5. The zero-order valence-electron chi connectivity index (χ0n) is 30.8. The molecule has 290 valence electrons. The highest BCUT2D eigenvalue weighted by atomic mass is 32.1. The number of aryl methyl sites for hydroxylation is 1. The van der Waals surface area contributed by atoms with Gasteiger partial charge < -0.3 is 29.2 Å². The van der Waals surface area contributed by atoms with E-state index >= 15 is 0 Å². The summed E-state index contributed by atoms with van der Waals surface area (Å²) in [6.07, 6.45) is -0.597. The van der Waals surface area contributed by atoms with Gasteiger partial charge in [-0.05, 0) is 48.4 Å². The van der Waals surface area contributed by atoms with Crippen LogP contribution in [0.25, 0.3) is 20.2 Å². The molecule has 2 heterocycles. The fraction of sp³-hybridized carbons (Fsp3) is 0.156. The third kappa shape index (κ3) is 10.3. The van der Waals surface area contributed by atoms with Gasteiger partial charge in [0.2, 0.25) is 17.7 Å². The Bertz CT molecular complexity index is 2460. The molecule has 0 aliphatic rings. The van der Waals surface area contributed by atoms with Gasteiger partial charge in [0.05, 0.1) is 6.61 Å². The van der Waals surface area contributed by atoms with Gasteiger partial charge in [0, 0.05) is 44.8 Å². The standard InChI is InChI=1S/C26H22O5S.C19H16O5S/c27-23(28)15-12-18-10-13-20(14-11-18)30-16-17-31-25-21-8-4-5-9-22(21)32-26(25)24(29)19-6-2-1-3-7-19;1-23-11-14(19(21)22)24-17-13-9-5-6-10-15(13)25-18(17)16(20)12-7-3-2-4-8-12/h1-11,13-14H,12,15-17H2,(H,27,28);2-10,14H,11H2,1H3,(H,21,22). The van der Waals surface area contributed by atoms with Crippen LogP contribution in [-0.4, -0.2) is 66.8 Å². The number of carboxylic acid groups (broad SMARTS) is 2. The predicted molar refractivity (Wildman–Crippen MR) is 221 cm³/mol. The zero-order valence-corrected chi connectivity index (χ0v) is 32.4. The molecule has 1 unspecified atom stereocenters. The van der Waals surface area contributed by atoms with Crippen LogP contribution >= 0.6 is 22.7 Å². The fourth-order valence-electron chi connectivity index (χ4n) is 5.80. The quantitative estimate of drug-likeness (QED) is 0.0675. The first kappa shape index (κ1) is 40.3. The molecule has 12 heteroatoms. The average molecular weight is 803 g/mol. The van der Waals surface area contributed by atoms with E-state index in [-0.39, 0.29) is 31.2 Å². The highest BCUT2D eigenvalue weighted by Crippen LogP contribution is 2.40. The number of ether oxygens (including phenoxy) is 4. The molecule has 1 atom stereocenters. The Hall–Kier alpha value is -6.34. The van der Waals surface area contributed by atoms with Crippen molar-refractivity contribution in [3.63, 3.8) is 0 Å². The first-order chi connectivity index (χ1) is 27.7. The van der Waals surface area contributed by atoms with E-state index in [9.17, 15) is 24.3 Å². The summed E-state index contributed by atoms with van der Waals surface area (Å²) in [6, 6.07) is 40.6. The molecule has 57 heavy (non-hydrogen) atoms. The summed E-state index contributed by atoms with van der Waals surface area (Å²) >= 11 is 2.72. The van der Waals surface area contributed by atoms with Crippen LogP contribution in [0.3, 0.4) is 0 Å². The molecule has 0 amide bonds. The highest BCUT2D eigenvalue weighted by molar-refractivity contribution is 7.22. The number of carbonyl (C=O) groups is 4. The van der Waals surface area contributed by atoms with Crippen LogP contribution in [-0.2, 0) is 20.7 Å². The molecule has 7 aromatic rings. The lowest BCUT2D eigenvalue weighted by molar-refractivity contribution is -0.147. The first-order valence-corrected chi connectivity index (χ1v) is 19.5. The predicted octanol–water partition coefficient (Wildman–Crippen LogP) is 9.22. The van der Waals surface area contributed by atoms with Gasteiger partial charge >= 0.3 is 11.9 Å². The monoisotopic (exact) mass is 802 g/mol. The summed E-state index contributed by atoms with van der Waals surface area (Å²) in [5.41, 5.74) is 2.10. The van der Waals surface area contributed by atoms with Crippen molar-refractivity contribution < 1.29 is 48.3 Å². The molecule has 5 aromatic carbocycles. The summed E-state index contributed by atoms with van der Waals surface area (Å²) in [4.78, 5) is 49.0. The van der Waals surface area contributed by atoms with Gasteiger partial charge in [0.25, 0.3) is 0 Å². The number of carboxylic acids is 2. The lowest BCUT2D eigenvalue weighted by Crippen LogP contribution is -2.32. The lowest BCUT2D eigenvalue weighted by atomic mass is 10.1. The molecule has 0 saturated carbocycles. The molecule has 0 radical (unpaired) electrons. The smallest absolute Gasteiger partial charge is 0.347 e. The van der Waals surface area contributed by atoms with E-state index < -0.39 is 18.0 Å². The van der Waals surface area contributed by atoms with Crippen LogP contribution in [0.2, 0.25) is 0 Å². The number of thiophene rings is 2. The summed E-state index contributed by atoms with van der Waals surface area (Å²) in [6.45, 7) is 0.493. The molecule has 10 nitrogen and oxygen atoms in total. The van der Waals surface area contributed by atoms with E-state index in [0.29, 0.717) is 56.5 Å². The zero-order chi connectivity index (χ0) is 40.1. The molecule has 2 aromatic heterocycles. The molecule has 0 aliphatic heterocycles. The largest absolute Gasteiger partial charge is 0.490 e.